The lowest BCUT2D eigenvalue weighted by atomic mass is 9.96. The Morgan fingerprint density at radius 1 is 0.762 bits per heavy atom. The average molecular weight is 288 g/mol. The van der Waals surface area contributed by atoms with E-state index < -0.39 is 0 Å². The first-order chi connectivity index (χ1) is 10.4. The Balaban J connectivity index is 1.86. The third-order valence-electron chi connectivity index (χ3n) is 4.17. The highest BCUT2D eigenvalue weighted by Gasteiger charge is 2.20. The van der Waals surface area contributed by atoms with E-state index in [4.69, 9.17) is 4.74 Å². The number of thiophene rings is 1. The van der Waals surface area contributed by atoms with Crippen LogP contribution in [0.25, 0.3) is 20.2 Å². The third-order valence-corrected chi connectivity index (χ3v) is 5.30. The van der Waals surface area contributed by atoms with E-state index in [2.05, 4.69) is 48.5 Å². The normalized spacial score (nSPS) is 13.0. The summed E-state index contributed by atoms with van der Waals surface area (Å²) in [6, 6.07) is 21.3. The van der Waals surface area contributed by atoms with Crippen molar-refractivity contribution >= 4 is 31.5 Å². The van der Waals surface area contributed by atoms with E-state index in [1.54, 1.807) is 0 Å². The fourth-order valence-corrected chi connectivity index (χ4v) is 4.33. The summed E-state index contributed by atoms with van der Waals surface area (Å²) in [5.41, 5.74) is 2.59. The van der Waals surface area contributed by atoms with Gasteiger partial charge in [0.15, 0.2) is 0 Å². The van der Waals surface area contributed by atoms with Gasteiger partial charge in [0, 0.05) is 32.2 Å². The summed E-state index contributed by atoms with van der Waals surface area (Å²) >= 11 is 1.86. The van der Waals surface area contributed by atoms with Crippen molar-refractivity contribution in [3.8, 4) is 11.5 Å². The summed E-state index contributed by atoms with van der Waals surface area (Å²) in [4.78, 5) is 0. The molecular formula is C19H12OS. The molecule has 0 saturated carbocycles. The van der Waals surface area contributed by atoms with Crippen LogP contribution in [-0.2, 0) is 6.42 Å². The molecule has 0 fully saturated rings. The maximum Gasteiger partial charge on any atom is 0.131 e. The molecule has 0 N–H and O–H groups in total. The summed E-state index contributed by atoms with van der Waals surface area (Å²) in [7, 11) is 0. The predicted molar refractivity (Wildman–Crippen MR) is 88.7 cm³/mol. The minimum atomic E-state index is 0.948. The second-order valence-corrected chi connectivity index (χ2v) is 6.48. The van der Waals surface area contributed by atoms with Gasteiger partial charge >= 0.3 is 0 Å². The molecule has 1 nitrogen and oxygen atoms in total. The van der Waals surface area contributed by atoms with Crippen molar-refractivity contribution in [1.29, 1.82) is 0 Å². The van der Waals surface area contributed by atoms with Crippen LogP contribution in [0.3, 0.4) is 0 Å². The van der Waals surface area contributed by atoms with Crippen LogP contribution in [0, 0.1) is 0 Å². The first-order valence-corrected chi connectivity index (χ1v) is 7.91. The molecule has 100 valence electrons. The predicted octanol–water partition coefficient (Wildman–Crippen LogP) is 5.75. The second kappa shape index (κ2) is 4.09. The van der Waals surface area contributed by atoms with E-state index in [9.17, 15) is 0 Å². The lowest BCUT2D eigenvalue weighted by Crippen LogP contribution is -2.02. The lowest BCUT2D eigenvalue weighted by molar-refractivity contribution is 0.461. The topological polar surface area (TPSA) is 9.23 Å². The molecule has 2 heteroatoms. The van der Waals surface area contributed by atoms with Gasteiger partial charge in [-0.05, 0) is 29.8 Å². The van der Waals surface area contributed by atoms with E-state index in [-0.39, 0.29) is 0 Å². The van der Waals surface area contributed by atoms with Gasteiger partial charge < -0.3 is 4.74 Å². The number of para-hydroxylation sites is 1. The standard InChI is InChI=1S/C19H12OS/c1-3-7-15-12(5-1)11-14-16(20-15)9-10-18-19(14)13-6-2-4-8-17(13)21-18/h1-10H,11H2. The smallest absolute Gasteiger partial charge is 0.131 e. The van der Waals surface area contributed by atoms with Crippen LogP contribution < -0.4 is 4.74 Å². The van der Waals surface area contributed by atoms with Crippen LogP contribution >= 0.6 is 11.3 Å². The monoisotopic (exact) mass is 288 g/mol. The Bertz CT molecular complexity index is 997. The summed E-state index contributed by atoms with van der Waals surface area (Å²) < 4.78 is 8.80. The molecule has 21 heavy (non-hydrogen) atoms. The molecule has 0 atom stereocenters. The molecule has 3 aromatic carbocycles. The summed E-state index contributed by atoms with van der Waals surface area (Å²) in [5, 5.41) is 2.71. The van der Waals surface area contributed by atoms with Gasteiger partial charge in [-0.2, -0.15) is 0 Å². The Morgan fingerprint density at radius 3 is 2.62 bits per heavy atom. The van der Waals surface area contributed by atoms with Crippen LogP contribution in [0.4, 0.5) is 0 Å². The van der Waals surface area contributed by atoms with E-state index in [1.165, 1.54) is 31.3 Å². The zero-order valence-corrected chi connectivity index (χ0v) is 12.1. The molecule has 0 amide bonds. The fraction of sp³-hybridized carbons (Fsp3) is 0.0526. The number of hydrogen-bond donors (Lipinski definition) is 0. The highest BCUT2D eigenvalue weighted by molar-refractivity contribution is 7.25. The SMILES string of the molecule is c1ccc2c(c1)Cc1c(ccc3sc4ccccc4c13)O2. The van der Waals surface area contributed by atoms with Crippen LogP contribution in [0.5, 0.6) is 11.5 Å². The van der Waals surface area contributed by atoms with Gasteiger partial charge in [0.25, 0.3) is 0 Å². The van der Waals surface area contributed by atoms with Crippen LogP contribution in [0.2, 0.25) is 0 Å². The largest absolute Gasteiger partial charge is 0.457 e. The molecule has 1 aromatic heterocycles. The molecule has 2 heterocycles. The third kappa shape index (κ3) is 1.57. The van der Waals surface area contributed by atoms with Crippen molar-refractivity contribution in [3.63, 3.8) is 0 Å². The molecule has 0 aliphatic carbocycles. The Labute approximate surface area is 126 Å². The van der Waals surface area contributed by atoms with Gasteiger partial charge in [0.05, 0.1) is 0 Å². The van der Waals surface area contributed by atoms with Crippen molar-refractivity contribution in [1.82, 2.24) is 0 Å². The van der Waals surface area contributed by atoms with Crippen LogP contribution in [0.1, 0.15) is 11.1 Å². The Morgan fingerprint density at radius 2 is 1.62 bits per heavy atom. The second-order valence-electron chi connectivity index (χ2n) is 5.40. The number of benzene rings is 3. The molecule has 0 radical (unpaired) electrons. The zero-order chi connectivity index (χ0) is 13.8. The highest BCUT2D eigenvalue weighted by atomic mass is 32.1. The van der Waals surface area contributed by atoms with Gasteiger partial charge in [-0.1, -0.05) is 36.4 Å². The molecule has 4 aromatic rings. The van der Waals surface area contributed by atoms with Crippen molar-refractivity contribution in [2.45, 2.75) is 6.42 Å². The van der Waals surface area contributed by atoms with Crippen molar-refractivity contribution in [2.24, 2.45) is 0 Å². The fourth-order valence-electron chi connectivity index (χ4n) is 3.20. The van der Waals surface area contributed by atoms with Gasteiger partial charge in [-0.3, -0.25) is 0 Å². The average Bonchev–Trinajstić information content (AvgIpc) is 2.92. The number of fused-ring (bicyclic) bond motifs is 6. The molecule has 0 saturated heterocycles. The minimum Gasteiger partial charge on any atom is -0.457 e. The molecule has 1 aliphatic rings. The molecule has 0 spiro atoms. The highest BCUT2D eigenvalue weighted by Crippen LogP contribution is 2.44. The van der Waals surface area contributed by atoms with Crippen molar-refractivity contribution in [2.75, 3.05) is 0 Å². The molecule has 0 unspecified atom stereocenters. The molecule has 1 aliphatic heterocycles. The summed E-state index contributed by atoms with van der Waals surface area (Å²) in [5.74, 6) is 1.99. The van der Waals surface area contributed by atoms with Crippen LogP contribution in [0.15, 0.2) is 60.7 Å². The van der Waals surface area contributed by atoms with Crippen LogP contribution in [-0.4, -0.2) is 0 Å². The first-order valence-electron chi connectivity index (χ1n) is 7.09. The van der Waals surface area contributed by atoms with Gasteiger partial charge in [-0.15, -0.1) is 11.3 Å². The molecule has 0 bridgehead atoms. The van der Waals surface area contributed by atoms with Crippen molar-refractivity contribution < 1.29 is 4.74 Å². The first kappa shape index (κ1) is 11.4. The van der Waals surface area contributed by atoms with Gasteiger partial charge in [-0.25, -0.2) is 0 Å². The Kier molecular flexibility index (Phi) is 2.21. The quantitative estimate of drug-likeness (QED) is 0.352. The molecular weight excluding hydrogens is 276 g/mol. The summed E-state index contributed by atoms with van der Waals surface area (Å²) in [6.45, 7) is 0. The maximum atomic E-state index is 6.11. The number of hydrogen-bond acceptors (Lipinski definition) is 2. The van der Waals surface area contributed by atoms with Gasteiger partial charge in [0.2, 0.25) is 0 Å². The number of ether oxygens (including phenoxy) is 1. The molecule has 5 rings (SSSR count). The van der Waals surface area contributed by atoms with Gasteiger partial charge in [0.1, 0.15) is 11.5 Å². The number of rotatable bonds is 0. The lowest BCUT2D eigenvalue weighted by Gasteiger charge is -2.20. The van der Waals surface area contributed by atoms with E-state index in [0.717, 1.165) is 17.9 Å². The summed E-state index contributed by atoms with van der Waals surface area (Å²) in [6.07, 6.45) is 0.948. The maximum absolute atomic E-state index is 6.11. The minimum absolute atomic E-state index is 0.948. The van der Waals surface area contributed by atoms with E-state index >= 15 is 0 Å². The Hall–Kier alpha value is -2.32. The van der Waals surface area contributed by atoms with Crippen molar-refractivity contribution in [3.05, 3.63) is 71.8 Å². The zero-order valence-electron chi connectivity index (χ0n) is 11.3. The van der Waals surface area contributed by atoms with E-state index in [1.807, 2.05) is 23.5 Å². The van der Waals surface area contributed by atoms with E-state index in [0.29, 0.717) is 0 Å².